The van der Waals surface area contributed by atoms with E-state index >= 15 is 0 Å². The monoisotopic (exact) mass is 302 g/mol. The van der Waals surface area contributed by atoms with Gasteiger partial charge in [0.2, 0.25) is 0 Å². The Morgan fingerprint density at radius 3 is 2.68 bits per heavy atom. The molecule has 22 heavy (non-hydrogen) atoms. The van der Waals surface area contributed by atoms with Crippen molar-refractivity contribution in [3.8, 4) is 0 Å². The molecule has 1 aromatic rings. The lowest BCUT2D eigenvalue weighted by Gasteiger charge is -2.31. The minimum atomic E-state index is -0.785. The molecule has 1 aliphatic carbocycles. The lowest BCUT2D eigenvalue weighted by atomic mass is 9.87. The van der Waals surface area contributed by atoms with Gasteiger partial charge in [0.1, 0.15) is 0 Å². The van der Waals surface area contributed by atoms with Gasteiger partial charge in [-0.05, 0) is 18.6 Å². The van der Waals surface area contributed by atoms with Crippen LogP contribution in [0.5, 0.6) is 0 Å². The van der Waals surface area contributed by atoms with Crippen molar-refractivity contribution in [2.24, 2.45) is 0 Å². The molecule has 0 fully saturated rings. The van der Waals surface area contributed by atoms with Crippen molar-refractivity contribution >= 4 is 6.16 Å². The van der Waals surface area contributed by atoms with E-state index in [1.54, 1.807) is 0 Å². The van der Waals surface area contributed by atoms with E-state index in [0.29, 0.717) is 32.7 Å². The van der Waals surface area contributed by atoms with Crippen LogP contribution in [0, 0.1) is 0 Å². The number of hydrogen-bond donors (Lipinski definition) is 0. The molecule has 1 unspecified atom stereocenters. The maximum Gasteiger partial charge on any atom is 0.509 e. The van der Waals surface area contributed by atoms with Gasteiger partial charge in [-0.3, -0.25) is 0 Å². The van der Waals surface area contributed by atoms with Crippen LogP contribution in [-0.2, 0) is 19.8 Å². The van der Waals surface area contributed by atoms with Gasteiger partial charge in [-0.1, -0.05) is 48.6 Å². The number of carbonyl (C=O) groups excluding carboxylic acids is 1. The molecule has 0 radical (unpaired) electrons. The molecule has 0 aliphatic heterocycles. The largest absolute Gasteiger partial charge is 0.509 e. The van der Waals surface area contributed by atoms with E-state index in [-0.39, 0.29) is 0 Å². The molecular formula is C18H22O4. The summed E-state index contributed by atoms with van der Waals surface area (Å²) in [6, 6.07) is 9.70. The summed E-state index contributed by atoms with van der Waals surface area (Å²) in [5.41, 5.74) is 0.148. The van der Waals surface area contributed by atoms with Crippen molar-refractivity contribution in [2.45, 2.75) is 25.4 Å². The minimum Gasteiger partial charge on any atom is -0.434 e. The first-order valence-corrected chi connectivity index (χ1v) is 7.60. The van der Waals surface area contributed by atoms with Crippen molar-refractivity contribution in [1.82, 2.24) is 0 Å². The van der Waals surface area contributed by atoms with Crippen LogP contribution in [0.2, 0.25) is 0 Å². The highest BCUT2D eigenvalue weighted by atomic mass is 16.7. The number of allylic oxidation sites excluding steroid dienone is 2. The highest BCUT2D eigenvalue weighted by molar-refractivity contribution is 5.61. The number of benzene rings is 1. The molecule has 0 spiro atoms. The smallest absolute Gasteiger partial charge is 0.434 e. The number of hydrogen-bond acceptors (Lipinski definition) is 4. The summed E-state index contributed by atoms with van der Waals surface area (Å²) < 4.78 is 16.0. The normalized spacial score (nSPS) is 19.9. The quantitative estimate of drug-likeness (QED) is 0.564. The molecule has 1 aromatic carbocycles. The zero-order valence-corrected chi connectivity index (χ0v) is 12.9. The van der Waals surface area contributed by atoms with E-state index in [4.69, 9.17) is 14.2 Å². The highest BCUT2D eigenvalue weighted by Gasteiger charge is 2.34. The zero-order chi connectivity index (χ0) is 15.7. The number of rotatable bonds is 7. The molecule has 0 bridgehead atoms. The molecule has 0 amide bonds. The average Bonchev–Trinajstić information content (AvgIpc) is 2.56. The predicted octanol–water partition coefficient (Wildman–Crippen LogP) is 3.98. The van der Waals surface area contributed by atoms with Crippen LogP contribution in [0.25, 0.3) is 0 Å². The zero-order valence-electron chi connectivity index (χ0n) is 12.9. The molecular weight excluding hydrogens is 280 g/mol. The number of ether oxygens (including phenoxy) is 3. The van der Waals surface area contributed by atoms with Crippen molar-refractivity contribution in [3.63, 3.8) is 0 Å². The molecule has 0 aromatic heterocycles. The Bertz CT molecular complexity index is 521. The first-order valence-electron chi connectivity index (χ1n) is 7.60. The van der Waals surface area contributed by atoms with Crippen LogP contribution in [0.4, 0.5) is 4.79 Å². The third-order valence-electron chi connectivity index (χ3n) is 3.42. The van der Waals surface area contributed by atoms with Crippen molar-refractivity contribution in [2.75, 3.05) is 19.8 Å². The van der Waals surface area contributed by atoms with E-state index in [9.17, 15) is 4.79 Å². The van der Waals surface area contributed by atoms with Gasteiger partial charge < -0.3 is 14.2 Å². The van der Waals surface area contributed by atoms with Crippen molar-refractivity contribution < 1.29 is 19.0 Å². The first-order chi connectivity index (χ1) is 10.8. The predicted molar refractivity (Wildman–Crippen MR) is 84.6 cm³/mol. The van der Waals surface area contributed by atoms with Crippen LogP contribution >= 0.6 is 0 Å². The molecule has 0 N–H and O–H groups in total. The maximum atomic E-state index is 12.0. The van der Waals surface area contributed by atoms with Gasteiger partial charge in [0.15, 0.2) is 5.60 Å². The Balaban J connectivity index is 1.95. The second-order valence-electron chi connectivity index (χ2n) is 5.00. The molecule has 4 heteroatoms. The van der Waals surface area contributed by atoms with E-state index in [0.717, 1.165) is 5.56 Å². The molecule has 118 valence electrons. The van der Waals surface area contributed by atoms with E-state index < -0.39 is 11.8 Å². The lowest BCUT2D eigenvalue weighted by molar-refractivity contribution is -0.0154. The maximum absolute atomic E-state index is 12.0. The van der Waals surface area contributed by atoms with Crippen LogP contribution in [0.3, 0.4) is 0 Å². The molecule has 2 rings (SSSR count). The van der Waals surface area contributed by atoms with Gasteiger partial charge in [0, 0.05) is 26.1 Å². The Morgan fingerprint density at radius 2 is 2.00 bits per heavy atom. The van der Waals surface area contributed by atoms with Gasteiger partial charge in [0.05, 0.1) is 6.61 Å². The Labute approximate surface area is 131 Å². The van der Waals surface area contributed by atoms with E-state index in [1.165, 1.54) is 0 Å². The van der Waals surface area contributed by atoms with Gasteiger partial charge in [-0.2, -0.15) is 0 Å². The second kappa shape index (κ2) is 8.39. The van der Waals surface area contributed by atoms with Gasteiger partial charge in [-0.25, -0.2) is 4.79 Å². The van der Waals surface area contributed by atoms with Gasteiger partial charge in [0.25, 0.3) is 0 Å². The molecule has 0 saturated heterocycles. The fraction of sp³-hybridized carbons (Fsp3) is 0.389. The first kappa shape index (κ1) is 16.3. The molecule has 0 saturated carbocycles. The second-order valence-corrected chi connectivity index (χ2v) is 5.00. The van der Waals surface area contributed by atoms with Crippen molar-refractivity contribution in [3.05, 3.63) is 60.2 Å². The SMILES string of the molecule is CCOCCCOC(=O)OC1(c2ccccc2)C=CC=CC1. The Hall–Kier alpha value is -2.07. The minimum absolute atomic E-state index is 0.295. The summed E-state index contributed by atoms with van der Waals surface area (Å²) in [6.45, 7) is 3.47. The molecule has 1 aliphatic rings. The topological polar surface area (TPSA) is 44.8 Å². The van der Waals surface area contributed by atoms with Crippen molar-refractivity contribution in [1.29, 1.82) is 0 Å². The molecule has 4 nitrogen and oxygen atoms in total. The summed E-state index contributed by atoms with van der Waals surface area (Å²) in [5.74, 6) is 0. The fourth-order valence-electron chi connectivity index (χ4n) is 2.31. The summed E-state index contributed by atoms with van der Waals surface area (Å²) in [5, 5.41) is 0. The Kier molecular flexibility index (Phi) is 6.22. The fourth-order valence-corrected chi connectivity index (χ4v) is 2.31. The average molecular weight is 302 g/mol. The molecule has 1 atom stereocenters. The molecule has 0 heterocycles. The van der Waals surface area contributed by atoms with E-state index in [1.807, 2.05) is 61.6 Å². The van der Waals surface area contributed by atoms with Gasteiger partial charge >= 0.3 is 6.16 Å². The standard InChI is InChI=1S/C18H22O4/c1-2-20-14-9-15-21-17(19)22-18(12-7-4-8-13-18)16-10-5-3-6-11-16/h3-8,10-12H,2,9,13-15H2,1H3. The summed E-state index contributed by atoms with van der Waals surface area (Å²) in [6.07, 6.45) is 8.31. The summed E-state index contributed by atoms with van der Waals surface area (Å²) in [7, 11) is 0. The lowest BCUT2D eigenvalue weighted by Crippen LogP contribution is -2.31. The van der Waals surface area contributed by atoms with Crippen LogP contribution in [0.1, 0.15) is 25.3 Å². The van der Waals surface area contributed by atoms with Crippen LogP contribution in [0.15, 0.2) is 54.6 Å². The summed E-state index contributed by atoms with van der Waals surface area (Å²) >= 11 is 0. The van der Waals surface area contributed by atoms with Gasteiger partial charge in [-0.15, -0.1) is 0 Å². The van der Waals surface area contributed by atoms with E-state index in [2.05, 4.69) is 0 Å². The Morgan fingerprint density at radius 1 is 1.18 bits per heavy atom. The van der Waals surface area contributed by atoms with Crippen LogP contribution < -0.4 is 0 Å². The third kappa shape index (κ3) is 4.46. The summed E-state index contributed by atoms with van der Waals surface area (Å²) in [4.78, 5) is 12.0. The third-order valence-corrected chi connectivity index (χ3v) is 3.42. The van der Waals surface area contributed by atoms with Crippen LogP contribution in [-0.4, -0.2) is 26.0 Å². The number of carbonyl (C=O) groups is 1. The highest BCUT2D eigenvalue weighted by Crippen LogP contribution is 2.34.